The molecule has 56 heavy (non-hydrogen) atoms. The van der Waals surface area contributed by atoms with Gasteiger partial charge >= 0.3 is 12.1 Å². The van der Waals surface area contributed by atoms with Crippen molar-refractivity contribution in [2.45, 2.75) is 76.6 Å². The number of aliphatic carboxylic acids is 1. The molecule has 13 heteroatoms. The number of carboxylic acid groups (broad SMARTS) is 1. The summed E-state index contributed by atoms with van der Waals surface area (Å²) in [4.78, 5) is 70.5. The molecule has 6 N–H and O–H groups in total. The van der Waals surface area contributed by atoms with E-state index in [-0.39, 0.29) is 19.4 Å². The molecule has 0 aliphatic heterocycles. The Kier molecular flexibility index (Phi) is 13.0. The van der Waals surface area contributed by atoms with Crippen molar-refractivity contribution in [1.29, 1.82) is 0 Å². The summed E-state index contributed by atoms with van der Waals surface area (Å²) in [6.07, 6.45) is 0.671. The summed E-state index contributed by atoms with van der Waals surface area (Å²) in [6.45, 7) is 6.79. The van der Waals surface area contributed by atoms with Gasteiger partial charge in [-0.1, -0.05) is 72.8 Å². The summed E-state index contributed by atoms with van der Waals surface area (Å²) < 4.78 is 10.7. The lowest BCUT2D eigenvalue weighted by Gasteiger charge is -2.33. The second kappa shape index (κ2) is 17.8. The zero-order chi connectivity index (χ0) is 40.5. The number of methoxy groups -OCH3 is 1. The largest absolute Gasteiger partial charge is 0.497 e. The van der Waals surface area contributed by atoms with Gasteiger partial charge in [-0.25, -0.2) is 4.79 Å². The van der Waals surface area contributed by atoms with Crippen molar-refractivity contribution in [3.8, 4) is 5.75 Å². The molecular formula is C43H49N5O8. The number of H-pyrrole nitrogens is 1. The molecule has 0 radical (unpaired) electrons. The number of amides is 4. The summed E-state index contributed by atoms with van der Waals surface area (Å²) in [5.41, 5.74) is 0.585. The van der Waals surface area contributed by atoms with Crippen LogP contribution < -0.4 is 26.0 Å². The van der Waals surface area contributed by atoms with Gasteiger partial charge in [-0.2, -0.15) is 0 Å². The lowest BCUT2D eigenvalue weighted by atomic mass is 9.89. The SMILES string of the molecule is COc1ccc(CCNC(=O)[C@H](CC(=O)O)NC(=O)[C@](C)(Cc2ccc3ccccc3c2)NC(=O)[C@H](Cc2c[nH]c3ccccc23)NC(=O)OC(C)(C)C)cc1. The summed E-state index contributed by atoms with van der Waals surface area (Å²) in [5.74, 6) is -2.80. The summed E-state index contributed by atoms with van der Waals surface area (Å²) >= 11 is 0. The monoisotopic (exact) mass is 763 g/mol. The molecule has 1 aromatic heterocycles. The molecule has 5 rings (SSSR count). The Morgan fingerprint density at radius 1 is 0.786 bits per heavy atom. The highest BCUT2D eigenvalue weighted by Crippen LogP contribution is 2.23. The maximum atomic E-state index is 14.4. The molecule has 0 unspecified atom stereocenters. The van der Waals surface area contributed by atoms with Crippen LogP contribution in [0.15, 0.2) is 97.2 Å². The number of nitrogens with one attached hydrogen (secondary N) is 5. The Morgan fingerprint density at radius 2 is 1.46 bits per heavy atom. The van der Waals surface area contributed by atoms with E-state index >= 15 is 0 Å². The molecular weight excluding hydrogens is 714 g/mol. The minimum atomic E-state index is -1.74. The van der Waals surface area contributed by atoms with Crippen LogP contribution in [0.2, 0.25) is 0 Å². The van der Waals surface area contributed by atoms with Crippen molar-refractivity contribution in [3.05, 3.63) is 114 Å². The Hall–Kier alpha value is -6.37. The number of aromatic amines is 1. The molecule has 0 aliphatic rings. The van der Waals surface area contributed by atoms with Crippen molar-refractivity contribution < 1.29 is 38.6 Å². The van der Waals surface area contributed by atoms with E-state index in [1.165, 1.54) is 6.92 Å². The Bertz CT molecular complexity index is 2190. The van der Waals surface area contributed by atoms with Gasteiger partial charge in [0.05, 0.1) is 13.5 Å². The van der Waals surface area contributed by atoms with Gasteiger partial charge < -0.3 is 40.8 Å². The fourth-order valence-corrected chi connectivity index (χ4v) is 6.42. The van der Waals surface area contributed by atoms with Gasteiger partial charge in [0.2, 0.25) is 17.7 Å². The number of hydrogen-bond donors (Lipinski definition) is 6. The third kappa shape index (κ3) is 11.1. The quantitative estimate of drug-likeness (QED) is 0.0791. The number of carboxylic acids is 1. The van der Waals surface area contributed by atoms with Gasteiger partial charge in [0, 0.05) is 36.5 Å². The maximum absolute atomic E-state index is 14.4. The highest BCUT2D eigenvalue weighted by Gasteiger charge is 2.40. The molecule has 0 saturated carbocycles. The third-order valence-electron chi connectivity index (χ3n) is 9.25. The van der Waals surface area contributed by atoms with Gasteiger partial charge in [0.1, 0.15) is 29.0 Å². The molecule has 4 aromatic carbocycles. The third-order valence-corrected chi connectivity index (χ3v) is 9.25. The number of ether oxygens (including phenoxy) is 2. The van der Waals surface area contributed by atoms with Crippen LogP contribution in [0, 0.1) is 0 Å². The number of carbonyl (C=O) groups is 5. The maximum Gasteiger partial charge on any atom is 0.408 e. The molecule has 3 atom stereocenters. The molecule has 5 aromatic rings. The highest BCUT2D eigenvalue weighted by molar-refractivity contribution is 5.98. The van der Waals surface area contributed by atoms with E-state index < -0.39 is 59.4 Å². The van der Waals surface area contributed by atoms with E-state index in [0.717, 1.165) is 32.8 Å². The number of para-hydroxylation sites is 1. The van der Waals surface area contributed by atoms with Crippen molar-refractivity contribution in [2.24, 2.45) is 0 Å². The van der Waals surface area contributed by atoms with Crippen molar-refractivity contribution in [1.82, 2.24) is 26.3 Å². The predicted octanol–water partition coefficient (Wildman–Crippen LogP) is 5.20. The number of hydrogen-bond acceptors (Lipinski definition) is 7. The van der Waals surface area contributed by atoms with Crippen molar-refractivity contribution in [3.63, 3.8) is 0 Å². The van der Waals surface area contributed by atoms with E-state index in [9.17, 15) is 29.1 Å². The summed E-state index contributed by atoms with van der Waals surface area (Å²) in [5, 5.41) is 23.4. The molecule has 294 valence electrons. The van der Waals surface area contributed by atoms with Crippen LogP contribution in [0.1, 0.15) is 50.8 Å². The zero-order valence-electron chi connectivity index (χ0n) is 32.2. The fraction of sp³-hybridized carbons (Fsp3) is 0.326. The average Bonchev–Trinajstić information content (AvgIpc) is 3.56. The second-order valence-corrected chi connectivity index (χ2v) is 15.0. The molecule has 0 fully saturated rings. The number of rotatable bonds is 16. The standard InChI is InChI=1S/C43H49N5O8/c1-42(2,3)56-41(54)47-35(23-31-26-45-34-13-9-8-12-33(31)34)39(52)48-43(4,25-28-14-17-29-10-6-7-11-30(29)22-28)40(53)46-36(24-37(49)50)38(51)44-21-20-27-15-18-32(55-5)19-16-27/h6-19,22,26,35-36,45H,20-21,23-25H2,1-5H3,(H,44,51)(H,46,53)(H,47,54)(H,48,52)(H,49,50)/t35-,36-,43-/m0/s1. The first-order chi connectivity index (χ1) is 26.6. The van der Waals surface area contributed by atoms with Gasteiger partial charge in [0.15, 0.2) is 0 Å². The zero-order valence-corrected chi connectivity index (χ0v) is 32.2. The number of alkyl carbamates (subject to hydrolysis) is 1. The van der Waals surface area contributed by atoms with Crippen LogP contribution in [0.3, 0.4) is 0 Å². The van der Waals surface area contributed by atoms with Crippen molar-refractivity contribution >= 4 is 51.5 Å². The Morgan fingerprint density at radius 3 is 2.16 bits per heavy atom. The predicted molar refractivity (Wildman–Crippen MR) is 213 cm³/mol. The average molecular weight is 764 g/mol. The fourth-order valence-electron chi connectivity index (χ4n) is 6.42. The van der Waals surface area contributed by atoms with E-state index in [1.807, 2.05) is 78.9 Å². The van der Waals surface area contributed by atoms with Crippen LogP contribution in [0.5, 0.6) is 5.75 Å². The lowest BCUT2D eigenvalue weighted by molar-refractivity contribution is -0.142. The molecule has 13 nitrogen and oxygen atoms in total. The topological polar surface area (TPSA) is 188 Å². The first kappa shape index (κ1) is 40.8. The minimum absolute atomic E-state index is 0.0411. The highest BCUT2D eigenvalue weighted by atomic mass is 16.6. The van der Waals surface area contributed by atoms with E-state index in [4.69, 9.17) is 9.47 Å². The summed E-state index contributed by atoms with van der Waals surface area (Å²) in [7, 11) is 1.56. The smallest absolute Gasteiger partial charge is 0.408 e. The molecule has 0 saturated heterocycles. The first-order valence-corrected chi connectivity index (χ1v) is 18.4. The van der Waals surface area contributed by atoms with Gasteiger partial charge in [-0.05, 0) is 79.8 Å². The number of benzene rings is 4. The van der Waals surface area contributed by atoms with Gasteiger partial charge in [-0.15, -0.1) is 0 Å². The second-order valence-electron chi connectivity index (χ2n) is 15.0. The van der Waals surface area contributed by atoms with Crippen LogP contribution >= 0.6 is 0 Å². The number of carbonyl (C=O) groups excluding carboxylic acids is 4. The normalized spacial score (nSPS) is 13.5. The van der Waals surface area contributed by atoms with E-state index in [0.29, 0.717) is 17.7 Å². The molecule has 0 aliphatic carbocycles. The summed E-state index contributed by atoms with van der Waals surface area (Å²) in [6, 6.07) is 25.5. The van der Waals surface area contributed by atoms with Crippen LogP contribution in [0.4, 0.5) is 4.79 Å². The van der Waals surface area contributed by atoms with Crippen LogP contribution in [-0.4, -0.2) is 76.8 Å². The first-order valence-electron chi connectivity index (χ1n) is 18.4. The Labute approximate surface area is 325 Å². The van der Waals surface area contributed by atoms with Crippen molar-refractivity contribution in [2.75, 3.05) is 13.7 Å². The minimum Gasteiger partial charge on any atom is -0.497 e. The van der Waals surface area contributed by atoms with Crippen LogP contribution in [-0.2, 0) is 43.2 Å². The number of fused-ring (bicyclic) bond motifs is 2. The molecule has 0 bridgehead atoms. The molecule has 1 heterocycles. The van der Waals surface area contributed by atoms with Gasteiger partial charge in [0.25, 0.3) is 0 Å². The Balaban J connectivity index is 1.42. The lowest BCUT2D eigenvalue weighted by Crippen LogP contribution is -2.64. The van der Waals surface area contributed by atoms with Crippen LogP contribution in [0.25, 0.3) is 21.7 Å². The number of aromatic nitrogens is 1. The van der Waals surface area contributed by atoms with Gasteiger partial charge in [-0.3, -0.25) is 19.2 Å². The van der Waals surface area contributed by atoms with E-state index in [1.54, 1.807) is 46.2 Å². The molecule has 4 amide bonds. The molecule has 0 spiro atoms. The van der Waals surface area contributed by atoms with E-state index in [2.05, 4.69) is 26.3 Å².